The Balaban J connectivity index is 2.43. The monoisotopic (exact) mass is 205 g/mol. The van der Waals surface area contributed by atoms with Gasteiger partial charge in [-0.05, 0) is 31.4 Å². The van der Waals surface area contributed by atoms with Crippen LogP contribution in [0.1, 0.15) is 48.4 Å². The lowest BCUT2D eigenvalue weighted by Gasteiger charge is -2.10. The van der Waals surface area contributed by atoms with Crippen LogP contribution < -0.4 is 0 Å². The van der Waals surface area contributed by atoms with Crippen LogP contribution in [-0.4, -0.2) is 16.1 Å². The van der Waals surface area contributed by atoms with Gasteiger partial charge in [-0.15, -0.1) is 0 Å². The predicted molar refractivity (Wildman–Crippen MR) is 57.2 cm³/mol. The van der Waals surface area contributed by atoms with E-state index in [1.54, 1.807) is 6.07 Å². The molecule has 1 fully saturated rings. The van der Waals surface area contributed by atoms with Crippen molar-refractivity contribution in [1.29, 1.82) is 0 Å². The first kappa shape index (κ1) is 10.1. The zero-order valence-electron chi connectivity index (χ0n) is 9.08. The lowest BCUT2D eigenvalue weighted by atomic mass is 10.0. The molecule has 0 bridgehead atoms. The maximum Gasteiger partial charge on any atom is 0.337 e. The van der Waals surface area contributed by atoms with Crippen molar-refractivity contribution in [2.45, 2.75) is 38.5 Å². The minimum Gasteiger partial charge on any atom is -0.478 e. The van der Waals surface area contributed by atoms with Crippen molar-refractivity contribution in [3.8, 4) is 0 Å². The first-order chi connectivity index (χ1) is 7.07. The summed E-state index contributed by atoms with van der Waals surface area (Å²) >= 11 is 0. The molecule has 0 amide bonds. The highest BCUT2D eigenvalue weighted by Gasteiger charge is 2.40. The third-order valence-electron chi connectivity index (χ3n) is 3.16. The van der Waals surface area contributed by atoms with Gasteiger partial charge in [0.2, 0.25) is 0 Å². The van der Waals surface area contributed by atoms with Crippen molar-refractivity contribution in [2.24, 2.45) is 0 Å². The summed E-state index contributed by atoms with van der Waals surface area (Å²) in [6.45, 7) is 4.11. The Morgan fingerprint density at radius 2 is 2.20 bits per heavy atom. The third kappa shape index (κ3) is 1.74. The second kappa shape index (κ2) is 3.33. The summed E-state index contributed by atoms with van der Waals surface area (Å²) in [4.78, 5) is 15.4. The average Bonchev–Trinajstić information content (AvgIpc) is 2.96. The van der Waals surface area contributed by atoms with Crippen LogP contribution in [0.2, 0.25) is 0 Å². The van der Waals surface area contributed by atoms with Crippen LogP contribution in [-0.2, 0) is 11.8 Å². The lowest BCUT2D eigenvalue weighted by Crippen LogP contribution is -2.10. The number of carbonyl (C=O) groups is 1. The first-order valence-electron chi connectivity index (χ1n) is 5.30. The lowest BCUT2D eigenvalue weighted by molar-refractivity contribution is 0.0695. The topological polar surface area (TPSA) is 50.2 Å². The number of nitrogens with zero attached hydrogens (tertiary/aromatic N) is 1. The van der Waals surface area contributed by atoms with Crippen LogP contribution in [0.5, 0.6) is 0 Å². The predicted octanol–water partition coefficient (Wildman–Crippen LogP) is 2.39. The molecule has 0 saturated heterocycles. The van der Waals surface area contributed by atoms with Gasteiger partial charge in [0.1, 0.15) is 0 Å². The molecule has 1 heterocycles. The number of carboxylic acids is 1. The Kier molecular flexibility index (Phi) is 2.25. The molecule has 0 radical (unpaired) electrons. The van der Waals surface area contributed by atoms with Crippen molar-refractivity contribution < 1.29 is 9.90 Å². The van der Waals surface area contributed by atoms with Crippen LogP contribution in [0.3, 0.4) is 0 Å². The molecular weight excluding hydrogens is 190 g/mol. The largest absolute Gasteiger partial charge is 0.478 e. The van der Waals surface area contributed by atoms with Gasteiger partial charge < -0.3 is 5.11 Å². The molecule has 2 rings (SSSR count). The molecule has 0 aromatic carbocycles. The van der Waals surface area contributed by atoms with Gasteiger partial charge in [0, 0.05) is 11.1 Å². The van der Waals surface area contributed by atoms with Gasteiger partial charge in [0.25, 0.3) is 0 Å². The van der Waals surface area contributed by atoms with E-state index in [4.69, 9.17) is 5.11 Å². The molecule has 80 valence electrons. The maximum absolute atomic E-state index is 10.9. The van der Waals surface area contributed by atoms with Crippen molar-refractivity contribution in [1.82, 2.24) is 4.98 Å². The zero-order valence-corrected chi connectivity index (χ0v) is 9.08. The number of hydrogen-bond donors (Lipinski definition) is 1. The molecule has 1 saturated carbocycles. The molecule has 0 atom stereocenters. The molecule has 0 aliphatic heterocycles. The van der Waals surface area contributed by atoms with Gasteiger partial charge in [0.05, 0.1) is 11.3 Å². The van der Waals surface area contributed by atoms with E-state index in [2.05, 4.69) is 11.9 Å². The van der Waals surface area contributed by atoms with E-state index in [9.17, 15) is 4.79 Å². The van der Waals surface area contributed by atoms with Gasteiger partial charge >= 0.3 is 5.97 Å². The quantitative estimate of drug-likeness (QED) is 0.824. The fourth-order valence-corrected chi connectivity index (χ4v) is 1.75. The Morgan fingerprint density at radius 1 is 1.53 bits per heavy atom. The fraction of sp³-hybridized carbons (Fsp3) is 0.500. The van der Waals surface area contributed by atoms with Crippen molar-refractivity contribution >= 4 is 5.97 Å². The number of hydrogen-bond acceptors (Lipinski definition) is 2. The summed E-state index contributed by atoms with van der Waals surface area (Å²) in [6.07, 6.45) is 3.00. The van der Waals surface area contributed by atoms with E-state index in [-0.39, 0.29) is 5.41 Å². The van der Waals surface area contributed by atoms with E-state index in [0.717, 1.165) is 18.5 Å². The Hall–Kier alpha value is -1.38. The molecule has 3 heteroatoms. The number of pyridine rings is 1. The van der Waals surface area contributed by atoms with E-state index in [1.807, 2.05) is 13.0 Å². The van der Waals surface area contributed by atoms with Crippen molar-refractivity contribution in [2.75, 3.05) is 0 Å². The smallest absolute Gasteiger partial charge is 0.337 e. The van der Waals surface area contributed by atoms with E-state index in [1.165, 1.54) is 0 Å². The maximum atomic E-state index is 10.9. The van der Waals surface area contributed by atoms with E-state index < -0.39 is 5.97 Å². The Morgan fingerprint density at radius 3 is 2.67 bits per heavy atom. The molecule has 1 aliphatic rings. The summed E-state index contributed by atoms with van der Waals surface area (Å²) in [5.74, 6) is -0.883. The van der Waals surface area contributed by atoms with E-state index >= 15 is 0 Å². The highest BCUT2D eigenvalue weighted by Crippen LogP contribution is 2.46. The van der Waals surface area contributed by atoms with Gasteiger partial charge in [0.15, 0.2) is 0 Å². The van der Waals surface area contributed by atoms with Crippen molar-refractivity contribution in [3.05, 3.63) is 29.1 Å². The number of carboxylic acid groups (broad SMARTS) is 1. The Bertz CT molecular complexity index is 408. The van der Waals surface area contributed by atoms with Gasteiger partial charge in [-0.25, -0.2) is 4.79 Å². The molecule has 0 spiro atoms. The van der Waals surface area contributed by atoms with Crippen molar-refractivity contribution in [3.63, 3.8) is 0 Å². The molecule has 0 unspecified atom stereocenters. The zero-order chi connectivity index (χ0) is 11.1. The standard InChI is InChI=1S/C12H15NO2/c1-3-9-8(11(14)15)4-5-10(13-9)12(2)6-7-12/h4-5H,3,6-7H2,1-2H3,(H,14,15). The van der Waals surface area contributed by atoms with Gasteiger partial charge in [-0.3, -0.25) is 4.98 Å². The second-order valence-corrected chi connectivity index (χ2v) is 4.41. The van der Waals surface area contributed by atoms with Gasteiger partial charge in [-0.2, -0.15) is 0 Å². The number of aryl methyl sites for hydroxylation is 1. The minimum atomic E-state index is -0.883. The first-order valence-corrected chi connectivity index (χ1v) is 5.30. The number of aromatic carboxylic acids is 1. The van der Waals surface area contributed by atoms with E-state index in [0.29, 0.717) is 17.7 Å². The summed E-state index contributed by atoms with van der Waals surface area (Å²) in [5, 5.41) is 8.97. The number of aromatic nitrogens is 1. The molecule has 1 aliphatic carbocycles. The molecular formula is C12H15NO2. The van der Waals surface area contributed by atoms with Crippen LogP contribution in [0, 0.1) is 0 Å². The fourth-order valence-electron chi connectivity index (χ4n) is 1.75. The molecule has 1 aromatic heterocycles. The minimum absolute atomic E-state index is 0.209. The van der Waals surface area contributed by atoms with Crippen LogP contribution in [0.4, 0.5) is 0 Å². The molecule has 1 N–H and O–H groups in total. The molecule has 1 aromatic rings. The average molecular weight is 205 g/mol. The number of rotatable bonds is 3. The summed E-state index contributed by atoms with van der Waals surface area (Å²) < 4.78 is 0. The van der Waals surface area contributed by atoms with Crippen LogP contribution in [0.15, 0.2) is 12.1 Å². The van der Waals surface area contributed by atoms with Crippen LogP contribution >= 0.6 is 0 Å². The Labute approximate surface area is 89.2 Å². The molecule has 15 heavy (non-hydrogen) atoms. The molecule has 3 nitrogen and oxygen atoms in total. The summed E-state index contributed by atoms with van der Waals surface area (Å²) in [6, 6.07) is 3.54. The van der Waals surface area contributed by atoms with Gasteiger partial charge in [-0.1, -0.05) is 13.8 Å². The highest BCUT2D eigenvalue weighted by atomic mass is 16.4. The second-order valence-electron chi connectivity index (χ2n) is 4.41. The van der Waals surface area contributed by atoms with Crippen LogP contribution in [0.25, 0.3) is 0 Å². The summed E-state index contributed by atoms with van der Waals surface area (Å²) in [7, 11) is 0. The normalized spacial score (nSPS) is 17.5. The third-order valence-corrected chi connectivity index (χ3v) is 3.16. The SMILES string of the molecule is CCc1nc(C2(C)CC2)ccc1C(=O)O. The highest BCUT2D eigenvalue weighted by molar-refractivity contribution is 5.88. The summed E-state index contributed by atoms with van der Waals surface area (Å²) in [5.41, 5.74) is 2.30.